The quantitative estimate of drug-likeness (QED) is 0.824. The predicted octanol–water partition coefficient (Wildman–Crippen LogP) is 1.54. The number of fused-ring (bicyclic) bond motifs is 6. The van der Waals surface area contributed by atoms with Crippen LogP contribution in [-0.2, 0) is 0 Å². The van der Waals surface area contributed by atoms with E-state index in [-0.39, 0.29) is 6.17 Å². The molecule has 0 amide bonds. The molecule has 1 aliphatic carbocycles. The second kappa shape index (κ2) is 5.79. The number of imidazole rings is 1. The highest BCUT2D eigenvalue weighted by Gasteiger charge is 2.47. The summed E-state index contributed by atoms with van der Waals surface area (Å²) in [6.07, 6.45) is 13.5. The summed E-state index contributed by atoms with van der Waals surface area (Å²) in [6.45, 7) is 1.12. The molecule has 3 aliphatic heterocycles. The van der Waals surface area contributed by atoms with Crippen LogP contribution in [-0.4, -0.2) is 55.2 Å². The lowest BCUT2D eigenvalue weighted by atomic mass is 9.80. The second-order valence-corrected chi connectivity index (χ2v) is 8.26. The number of nitrogens with zero attached hydrogens (tertiary/aromatic N) is 8. The monoisotopic (exact) mass is 367 g/mol. The number of likely N-dealkylation sites (tertiary alicyclic amines) is 1. The molecule has 27 heavy (non-hydrogen) atoms. The van der Waals surface area contributed by atoms with E-state index < -0.39 is 0 Å². The van der Waals surface area contributed by atoms with Gasteiger partial charge in [-0.25, -0.2) is 4.98 Å². The third-order valence-electron chi connectivity index (χ3n) is 6.81. The Kier molecular flexibility index (Phi) is 3.35. The van der Waals surface area contributed by atoms with Crippen molar-refractivity contribution in [3.63, 3.8) is 0 Å². The van der Waals surface area contributed by atoms with Crippen LogP contribution >= 0.6 is 0 Å². The minimum atomic E-state index is 0.177. The first-order valence-electron chi connectivity index (χ1n) is 10.1. The number of hydrogen-bond acceptors (Lipinski definition) is 7. The maximum Gasteiger partial charge on any atom is 0.252 e. The van der Waals surface area contributed by atoms with Crippen LogP contribution in [0.5, 0.6) is 0 Å². The van der Waals surface area contributed by atoms with E-state index in [2.05, 4.69) is 47.2 Å². The minimum Gasteiger partial charge on any atom is -0.314 e. The summed E-state index contributed by atoms with van der Waals surface area (Å²) in [5, 5.41) is 13.6. The molecule has 6 rings (SSSR count). The van der Waals surface area contributed by atoms with Gasteiger partial charge in [0.1, 0.15) is 17.7 Å². The molecular weight excluding hydrogens is 342 g/mol. The first kappa shape index (κ1) is 15.6. The summed E-state index contributed by atoms with van der Waals surface area (Å²) in [6, 6.07) is 0.872. The topological polar surface area (TPSA) is 79.4 Å². The van der Waals surface area contributed by atoms with Gasteiger partial charge in [0.25, 0.3) is 5.96 Å². The Morgan fingerprint density at radius 1 is 1.15 bits per heavy atom. The Morgan fingerprint density at radius 2 is 2.07 bits per heavy atom. The Hall–Kier alpha value is -2.42. The second-order valence-electron chi connectivity index (χ2n) is 8.26. The molecule has 2 aromatic rings. The van der Waals surface area contributed by atoms with Crippen LogP contribution in [0.4, 0.5) is 5.82 Å². The zero-order chi connectivity index (χ0) is 18.0. The molecule has 0 spiro atoms. The highest BCUT2D eigenvalue weighted by atomic mass is 15.6. The lowest BCUT2D eigenvalue weighted by Gasteiger charge is -2.45. The van der Waals surface area contributed by atoms with Gasteiger partial charge in [-0.3, -0.25) is 15.2 Å². The average Bonchev–Trinajstić information content (AvgIpc) is 3.46. The maximum absolute atomic E-state index is 4.68. The molecule has 4 atom stereocenters. The molecule has 4 unspecified atom stereocenters. The fourth-order valence-electron chi connectivity index (χ4n) is 5.46. The molecule has 2 aromatic heterocycles. The fraction of sp³-hybridized carbons (Fsp3) is 0.667. The van der Waals surface area contributed by atoms with Crippen molar-refractivity contribution in [1.29, 1.82) is 0 Å². The van der Waals surface area contributed by atoms with Crippen LogP contribution in [0.25, 0.3) is 0 Å². The van der Waals surface area contributed by atoms with Crippen LogP contribution in [0.15, 0.2) is 23.8 Å². The first-order valence-corrected chi connectivity index (χ1v) is 10.1. The van der Waals surface area contributed by atoms with E-state index in [1.54, 1.807) is 0 Å². The molecule has 0 radical (unpaired) electrons. The molecule has 1 N–H and O–H groups in total. The van der Waals surface area contributed by atoms with Crippen LogP contribution in [0, 0.1) is 5.92 Å². The Labute approximate surface area is 158 Å². The maximum atomic E-state index is 4.68. The molecule has 9 heteroatoms. The summed E-state index contributed by atoms with van der Waals surface area (Å²) >= 11 is 0. The highest BCUT2D eigenvalue weighted by Crippen LogP contribution is 2.45. The number of anilines is 1. The molecule has 142 valence electrons. The van der Waals surface area contributed by atoms with Crippen molar-refractivity contribution in [2.75, 3.05) is 18.5 Å². The van der Waals surface area contributed by atoms with Crippen LogP contribution in [0.3, 0.4) is 0 Å². The van der Waals surface area contributed by atoms with Crippen molar-refractivity contribution in [3.8, 4) is 0 Å². The van der Waals surface area contributed by atoms with Gasteiger partial charge >= 0.3 is 0 Å². The largest absolute Gasteiger partial charge is 0.314 e. The molecule has 2 fully saturated rings. The van der Waals surface area contributed by atoms with Crippen molar-refractivity contribution in [1.82, 2.24) is 34.9 Å². The molecule has 9 nitrogen and oxygen atoms in total. The molecule has 0 bridgehead atoms. The van der Waals surface area contributed by atoms with E-state index in [1.165, 1.54) is 32.1 Å². The van der Waals surface area contributed by atoms with Gasteiger partial charge in [-0.05, 0) is 39.3 Å². The lowest BCUT2D eigenvalue weighted by Crippen LogP contribution is -2.54. The van der Waals surface area contributed by atoms with Gasteiger partial charge in [-0.2, -0.15) is 4.68 Å². The van der Waals surface area contributed by atoms with Crippen molar-refractivity contribution < 1.29 is 0 Å². The third kappa shape index (κ3) is 2.20. The van der Waals surface area contributed by atoms with Crippen molar-refractivity contribution in [3.05, 3.63) is 24.4 Å². The van der Waals surface area contributed by atoms with Gasteiger partial charge in [0.05, 0.1) is 24.8 Å². The average molecular weight is 367 g/mol. The lowest BCUT2D eigenvalue weighted by molar-refractivity contribution is 0.175. The van der Waals surface area contributed by atoms with Gasteiger partial charge in [0, 0.05) is 12.0 Å². The van der Waals surface area contributed by atoms with E-state index in [4.69, 9.17) is 0 Å². The Bertz CT molecular complexity index is 883. The van der Waals surface area contributed by atoms with E-state index >= 15 is 0 Å². The van der Waals surface area contributed by atoms with E-state index in [9.17, 15) is 0 Å². The smallest absolute Gasteiger partial charge is 0.252 e. The van der Waals surface area contributed by atoms with Crippen molar-refractivity contribution in [2.24, 2.45) is 11.0 Å². The Morgan fingerprint density at radius 3 is 2.96 bits per heavy atom. The highest BCUT2D eigenvalue weighted by molar-refractivity contribution is 5.98. The third-order valence-corrected chi connectivity index (χ3v) is 6.81. The zero-order valence-electron chi connectivity index (χ0n) is 15.6. The molecule has 5 heterocycles. The number of nitrogens with one attached hydrogen (secondary N) is 1. The van der Waals surface area contributed by atoms with Crippen LogP contribution in [0.1, 0.15) is 56.3 Å². The zero-order valence-corrected chi connectivity index (χ0v) is 15.6. The van der Waals surface area contributed by atoms with Gasteiger partial charge in [0.15, 0.2) is 0 Å². The molecule has 0 aromatic carbocycles. The van der Waals surface area contributed by atoms with Crippen molar-refractivity contribution >= 4 is 11.8 Å². The normalized spacial score (nSPS) is 32.6. The summed E-state index contributed by atoms with van der Waals surface area (Å²) < 4.78 is 4.17. The number of aromatic nitrogens is 5. The van der Waals surface area contributed by atoms with Gasteiger partial charge in [-0.15, -0.1) is 10.2 Å². The SMILES string of the molecule is CN1CCCC1c1cn(C2=NNC3C4CCCCC4n4cncc4N23)nn1. The van der Waals surface area contributed by atoms with Crippen molar-refractivity contribution in [2.45, 2.75) is 56.8 Å². The van der Waals surface area contributed by atoms with E-state index in [1.807, 2.05) is 23.4 Å². The molecule has 1 saturated heterocycles. The predicted molar refractivity (Wildman–Crippen MR) is 100 cm³/mol. The fourth-order valence-corrected chi connectivity index (χ4v) is 5.46. The minimum absolute atomic E-state index is 0.177. The first-order chi connectivity index (χ1) is 13.3. The summed E-state index contributed by atoms with van der Waals surface area (Å²) in [5.41, 5.74) is 4.43. The summed E-state index contributed by atoms with van der Waals surface area (Å²) in [4.78, 5) is 9.06. The van der Waals surface area contributed by atoms with Gasteiger partial charge in [-0.1, -0.05) is 18.1 Å². The van der Waals surface area contributed by atoms with Gasteiger partial charge < -0.3 is 4.57 Å². The summed E-state index contributed by atoms with van der Waals surface area (Å²) in [7, 11) is 2.16. The van der Waals surface area contributed by atoms with Crippen LogP contribution in [0.2, 0.25) is 0 Å². The van der Waals surface area contributed by atoms with E-state index in [0.717, 1.165) is 30.4 Å². The standard InChI is InChI=1S/C18H25N9/c1-24-8-4-7-15(24)13-10-26(23-20-13)18-22-21-17-12-5-2-3-6-14(12)25-11-19-9-16(25)27(17)18/h9-12,14-15,17,21H,2-8H2,1H3. The Balaban J connectivity index is 1.36. The molecule has 4 aliphatic rings. The molecule has 1 saturated carbocycles. The van der Waals surface area contributed by atoms with Crippen LogP contribution < -0.4 is 10.3 Å². The summed E-state index contributed by atoms with van der Waals surface area (Å²) in [5.74, 6) is 2.43. The van der Waals surface area contributed by atoms with E-state index in [0.29, 0.717) is 18.0 Å². The van der Waals surface area contributed by atoms with Gasteiger partial charge in [0.2, 0.25) is 0 Å². The number of hydrazone groups is 1. The molecular formula is C18H25N9. The number of rotatable bonds is 1. The number of hydrogen-bond donors (Lipinski definition) is 1.